The predicted octanol–water partition coefficient (Wildman–Crippen LogP) is 1.37. The van der Waals surface area contributed by atoms with Crippen molar-refractivity contribution in [1.29, 1.82) is 0 Å². The van der Waals surface area contributed by atoms with Crippen molar-refractivity contribution in [1.82, 2.24) is 5.32 Å². The van der Waals surface area contributed by atoms with Crippen molar-refractivity contribution in [3.63, 3.8) is 0 Å². The highest BCUT2D eigenvalue weighted by Crippen LogP contribution is 2.44. The van der Waals surface area contributed by atoms with Gasteiger partial charge in [0.05, 0.1) is 6.54 Å². The molecular weight excluding hydrogens is 308 g/mol. The van der Waals surface area contributed by atoms with E-state index < -0.39 is 18.1 Å². The Kier molecular flexibility index (Phi) is 4.48. The molecule has 2 amide bonds. The van der Waals surface area contributed by atoms with Crippen LogP contribution in [-0.4, -0.2) is 36.4 Å². The summed E-state index contributed by atoms with van der Waals surface area (Å²) < 4.78 is 5.26. The first-order valence-electron chi connectivity index (χ1n) is 7.64. The molecule has 0 radical (unpaired) electrons. The Morgan fingerprint density at radius 3 is 2.17 bits per heavy atom. The molecule has 1 atom stereocenters. The van der Waals surface area contributed by atoms with Gasteiger partial charge in [-0.1, -0.05) is 48.5 Å². The van der Waals surface area contributed by atoms with Crippen molar-refractivity contribution < 1.29 is 19.4 Å². The number of nitrogens with two attached hydrogens (primary N) is 1. The first kappa shape index (κ1) is 16.0. The predicted molar refractivity (Wildman–Crippen MR) is 88.3 cm³/mol. The highest BCUT2D eigenvalue weighted by molar-refractivity contribution is 5.80. The summed E-state index contributed by atoms with van der Waals surface area (Å²) in [5.41, 5.74) is 9.44. The maximum Gasteiger partial charge on any atom is 0.407 e. The van der Waals surface area contributed by atoms with Gasteiger partial charge in [-0.15, -0.1) is 0 Å². The fourth-order valence-electron chi connectivity index (χ4n) is 2.93. The van der Waals surface area contributed by atoms with Crippen LogP contribution in [0.25, 0.3) is 11.1 Å². The van der Waals surface area contributed by atoms with Crippen LogP contribution in [0.15, 0.2) is 48.5 Å². The minimum Gasteiger partial charge on any atom is -0.449 e. The van der Waals surface area contributed by atoms with Crippen molar-refractivity contribution in [3.05, 3.63) is 59.7 Å². The highest BCUT2D eigenvalue weighted by atomic mass is 16.5. The van der Waals surface area contributed by atoms with E-state index in [4.69, 9.17) is 10.5 Å². The summed E-state index contributed by atoms with van der Waals surface area (Å²) in [5.74, 6) is -0.932. The SMILES string of the molecule is NC(=O)C(O)CNC(=O)OCC1c2ccccc2-c2ccccc21. The normalized spacial score (nSPS) is 13.7. The van der Waals surface area contributed by atoms with Crippen LogP contribution in [0.3, 0.4) is 0 Å². The Bertz CT molecular complexity index is 730. The van der Waals surface area contributed by atoms with E-state index in [-0.39, 0.29) is 19.1 Å². The molecule has 1 unspecified atom stereocenters. The molecule has 0 spiro atoms. The average Bonchev–Trinajstić information content (AvgIpc) is 2.92. The second-order valence-corrected chi connectivity index (χ2v) is 5.62. The second-order valence-electron chi connectivity index (χ2n) is 5.62. The first-order chi connectivity index (χ1) is 11.6. The standard InChI is InChI=1S/C18H18N2O4/c19-17(22)16(21)9-20-18(23)24-10-15-13-7-3-1-5-11(13)12-6-2-4-8-14(12)15/h1-8,15-16,21H,9-10H2,(H2,19,22)(H,20,23). The smallest absolute Gasteiger partial charge is 0.407 e. The molecule has 0 aromatic heterocycles. The zero-order chi connectivity index (χ0) is 17.1. The Morgan fingerprint density at radius 2 is 1.62 bits per heavy atom. The Balaban J connectivity index is 1.67. The molecule has 0 fully saturated rings. The van der Waals surface area contributed by atoms with E-state index in [0.717, 1.165) is 22.3 Å². The highest BCUT2D eigenvalue weighted by Gasteiger charge is 2.29. The molecule has 0 bridgehead atoms. The Labute approximate surface area is 139 Å². The fourth-order valence-corrected chi connectivity index (χ4v) is 2.93. The number of primary amides is 1. The summed E-state index contributed by atoms with van der Waals surface area (Å²) in [6.45, 7) is -0.0987. The maximum absolute atomic E-state index is 11.8. The van der Waals surface area contributed by atoms with Crippen LogP contribution in [0.4, 0.5) is 4.79 Å². The van der Waals surface area contributed by atoms with Gasteiger partial charge in [0.15, 0.2) is 0 Å². The van der Waals surface area contributed by atoms with Crippen LogP contribution in [0, 0.1) is 0 Å². The number of fused-ring (bicyclic) bond motifs is 3. The van der Waals surface area contributed by atoms with Gasteiger partial charge in [-0.3, -0.25) is 4.79 Å². The lowest BCUT2D eigenvalue weighted by Gasteiger charge is -2.15. The number of carbonyl (C=O) groups is 2. The number of rotatable bonds is 5. The quantitative estimate of drug-likeness (QED) is 0.772. The summed E-state index contributed by atoms with van der Waals surface area (Å²) in [6.07, 6.45) is -2.12. The number of ether oxygens (including phenoxy) is 1. The molecule has 0 saturated carbocycles. The largest absolute Gasteiger partial charge is 0.449 e. The Morgan fingerprint density at radius 1 is 1.08 bits per heavy atom. The number of hydrogen-bond donors (Lipinski definition) is 3. The molecule has 1 aliphatic carbocycles. The van der Waals surface area contributed by atoms with Gasteiger partial charge in [0.2, 0.25) is 5.91 Å². The number of benzene rings is 2. The van der Waals surface area contributed by atoms with Gasteiger partial charge in [0.1, 0.15) is 12.7 Å². The van der Waals surface area contributed by atoms with Gasteiger partial charge in [0, 0.05) is 5.92 Å². The van der Waals surface area contributed by atoms with Crippen LogP contribution in [0.5, 0.6) is 0 Å². The third-order valence-electron chi connectivity index (χ3n) is 4.11. The lowest BCUT2D eigenvalue weighted by molar-refractivity contribution is -0.125. The molecule has 4 N–H and O–H groups in total. The summed E-state index contributed by atoms with van der Waals surface area (Å²) in [4.78, 5) is 22.5. The molecule has 124 valence electrons. The molecular formula is C18H18N2O4. The van der Waals surface area contributed by atoms with Crippen molar-refractivity contribution in [2.45, 2.75) is 12.0 Å². The molecule has 0 aliphatic heterocycles. The van der Waals surface area contributed by atoms with Gasteiger partial charge in [0.25, 0.3) is 0 Å². The summed E-state index contributed by atoms with van der Waals surface area (Å²) >= 11 is 0. The van der Waals surface area contributed by atoms with E-state index in [0.29, 0.717) is 0 Å². The number of carbonyl (C=O) groups excluding carboxylic acids is 2. The minimum atomic E-state index is -1.43. The van der Waals surface area contributed by atoms with Crippen LogP contribution < -0.4 is 11.1 Å². The van der Waals surface area contributed by atoms with Crippen molar-refractivity contribution in [3.8, 4) is 11.1 Å². The molecule has 0 heterocycles. The molecule has 1 aliphatic rings. The number of aliphatic hydroxyl groups is 1. The van der Waals surface area contributed by atoms with E-state index >= 15 is 0 Å². The summed E-state index contributed by atoms with van der Waals surface area (Å²) in [5, 5.41) is 11.6. The first-order valence-corrected chi connectivity index (χ1v) is 7.64. The molecule has 6 nitrogen and oxygen atoms in total. The summed E-state index contributed by atoms with van der Waals surface area (Å²) in [7, 11) is 0. The zero-order valence-corrected chi connectivity index (χ0v) is 12.9. The number of alkyl carbamates (subject to hydrolysis) is 1. The van der Waals surface area contributed by atoms with E-state index in [2.05, 4.69) is 17.4 Å². The lowest BCUT2D eigenvalue weighted by atomic mass is 9.98. The molecule has 2 aromatic rings. The number of hydrogen-bond acceptors (Lipinski definition) is 4. The van der Waals surface area contributed by atoms with Crippen LogP contribution in [0.1, 0.15) is 17.0 Å². The van der Waals surface area contributed by atoms with E-state index in [9.17, 15) is 14.7 Å². The Hall–Kier alpha value is -2.86. The van der Waals surface area contributed by atoms with Crippen molar-refractivity contribution >= 4 is 12.0 Å². The van der Waals surface area contributed by atoms with Crippen LogP contribution in [-0.2, 0) is 9.53 Å². The van der Waals surface area contributed by atoms with Crippen LogP contribution >= 0.6 is 0 Å². The third-order valence-corrected chi connectivity index (χ3v) is 4.11. The van der Waals surface area contributed by atoms with Gasteiger partial charge in [-0.25, -0.2) is 4.79 Å². The van der Waals surface area contributed by atoms with Crippen molar-refractivity contribution in [2.75, 3.05) is 13.2 Å². The number of amides is 2. The molecule has 6 heteroatoms. The van der Waals surface area contributed by atoms with Crippen molar-refractivity contribution in [2.24, 2.45) is 5.73 Å². The number of aliphatic hydroxyl groups excluding tert-OH is 1. The van der Waals surface area contributed by atoms with Gasteiger partial charge in [-0.2, -0.15) is 0 Å². The topological polar surface area (TPSA) is 102 Å². The summed E-state index contributed by atoms with van der Waals surface area (Å²) in [6, 6.07) is 16.0. The molecule has 24 heavy (non-hydrogen) atoms. The second kappa shape index (κ2) is 6.72. The third kappa shape index (κ3) is 3.09. The van der Waals surface area contributed by atoms with Gasteiger partial charge in [-0.05, 0) is 22.3 Å². The maximum atomic E-state index is 11.8. The molecule has 3 rings (SSSR count). The molecule has 2 aromatic carbocycles. The fraction of sp³-hybridized carbons (Fsp3) is 0.222. The zero-order valence-electron chi connectivity index (χ0n) is 12.9. The average molecular weight is 326 g/mol. The van der Waals surface area contributed by atoms with E-state index in [1.807, 2.05) is 36.4 Å². The molecule has 0 saturated heterocycles. The lowest BCUT2D eigenvalue weighted by Crippen LogP contribution is -2.40. The van der Waals surface area contributed by atoms with Gasteiger partial charge < -0.3 is 20.9 Å². The van der Waals surface area contributed by atoms with Crippen LogP contribution in [0.2, 0.25) is 0 Å². The van der Waals surface area contributed by atoms with Gasteiger partial charge >= 0.3 is 6.09 Å². The van der Waals surface area contributed by atoms with E-state index in [1.165, 1.54) is 0 Å². The minimum absolute atomic E-state index is 0.0378. The monoisotopic (exact) mass is 326 g/mol. The number of nitrogens with one attached hydrogen (secondary N) is 1. The van der Waals surface area contributed by atoms with E-state index in [1.54, 1.807) is 0 Å².